The Labute approximate surface area is 70.0 Å². The summed E-state index contributed by atoms with van der Waals surface area (Å²) in [6, 6.07) is 7.06. The van der Waals surface area contributed by atoms with E-state index in [1.54, 1.807) is 30.5 Å². The van der Waals surface area contributed by atoms with Gasteiger partial charge in [-0.15, -0.1) is 0 Å². The molecule has 1 aliphatic rings. The normalized spacial score (nSPS) is 14.2. The summed E-state index contributed by atoms with van der Waals surface area (Å²) in [6.45, 7) is 0. The fourth-order valence-electron chi connectivity index (χ4n) is 1.07. The Morgan fingerprint density at radius 2 is 2.00 bits per heavy atom. The van der Waals surface area contributed by atoms with Crippen LogP contribution in [-0.4, -0.2) is 10.8 Å². The van der Waals surface area contributed by atoms with Gasteiger partial charge in [-0.3, -0.25) is 0 Å². The van der Waals surface area contributed by atoms with Gasteiger partial charge in [0.1, 0.15) is 5.75 Å². The van der Waals surface area contributed by atoms with Gasteiger partial charge < -0.3 is 5.11 Å². The number of aromatic hydroxyl groups is 1. The van der Waals surface area contributed by atoms with Crippen LogP contribution in [0.15, 0.2) is 41.6 Å². The van der Waals surface area contributed by atoms with Crippen LogP contribution in [0.25, 0.3) is 0 Å². The number of allylic oxidation sites excluding steroid dienone is 1. The van der Waals surface area contributed by atoms with E-state index in [-0.39, 0.29) is 5.75 Å². The minimum absolute atomic E-state index is 0.234. The Balaban J connectivity index is 2.46. The molecule has 59 valence electrons. The summed E-state index contributed by atoms with van der Waals surface area (Å²) in [4.78, 5) is 0. The largest absolute Gasteiger partial charge is 0.507 e. The summed E-state index contributed by atoms with van der Waals surface area (Å²) in [7, 11) is 0. The SMILES string of the molecule is Oc1ccccc1C1=N[N]C=C1. The zero-order chi connectivity index (χ0) is 8.39. The highest BCUT2D eigenvalue weighted by molar-refractivity contribution is 6.11. The zero-order valence-corrected chi connectivity index (χ0v) is 6.31. The number of hydrogen-bond donors (Lipinski definition) is 1. The van der Waals surface area contributed by atoms with E-state index in [0.29, 0.717) is 5.71 Å². The van der Waals surface area contributed by atoms with E-state index in [4.69, 9.17) is 0 Å². The van der Waals surface area contributed by atoms with Gasteiger partial charge in [0.2, 0.25) is 0 Å². The molecule has 0 spiro atoms. The lowest BCUT2D eigenvalue weighted by Crippen LogP contribution is -1.94. The topological polar surface area (TPSA) is 46.7 Å². The third-order valence-electron chi connectivity index (χ3n) is 1.64. The smallest absolute Gasteiger partial charge is 0.125 e. The second-order valence-corrected chi connectivity index (χ2v) is 2.43. The fourth-order valence-corrected chi connectivity index (χ4v) is 1.07. The Morgan fingerprint density at radius 1 is 1.17 bits per heavy atom. The molecule has 1 N–H and O–H groups in total. The summed E-state index contributed by atoms with van der Waals surface area (Å²) >= 11 is 0. The number of phenolic OH excluding ortho intramolecular Hbond substituents is 1. The first kappa shape index (κ1) is 6.91. The number of benzene rings is 1. The van der Waals surface area contributed by atoms with Crippen LogP contribution in [0.3, 0.4) is 0 Å². The predicted molar refractivity (Wildman–Crippen MR) is 45.9 cm³/mol. The lowest BCUT2D eigenvalue weighted by molar-refractivity contribution is 0.474. The maximum atomic E-state index is 9.41. The van der Waals surface area contributed by atoms with Gasteiger partial charge in [0, 0.05) is 5.56 Å². The highest BCUT2D eigenvalue weighted by Crippen LogP contribution is 2.18. The van der Waals surface area contributed by atoms with Crippen molar-refractivity contribution in [3.8, 4) is 5.75 Å². The number of nitrogens with zero attached hydrogens (tertiary/aromatic N) is 2. The van der Waals surface area contributed by atoms with Crippen LogP contribution in [0.1, 0.15) is 5.56 Å². The van der Waals surface area contributed by atoms with Crippen LogP contribution >= 0.6 is 0 Å². The quantitative estimate of drug-likeness (QED) is 0.658. The molecule has 0 aliphatic carbocycles. The third-order valence-corrected chi connectivity index (χ3v) is 1.64. The van der Waals surface area contributed by atoms with Crippen LogP contribution in [0, 0.1) is 0 Å². The first-order valence-electron chi connectivity index (χ1n) is 3.60. The molecule has 1 aliphatic heterocycles. The molecule has 0 bridgehead atoms. The van der Waals surface area contributed by atoms with Crippen LogP contribution in [0.4, 0.5) is 0 Å². The van der Waals surface area contributed by atoms with Crippen molar-refractivity contribution in [2.45, 2.75) is 0 Å². The van der Waals surface area contributed by atoms with Crippen molar-refractivity contribution in [1.82, 2.24) is 5.43 Å². The molecular weight excluding hydrogens is 152 g/mol. The Kier molecular flexibility index (Phi) is 1.55. The molecule has 0 aromatic heterocycles. The lowest BCUT2D eigenvalue weighted by Gasteiger charge is -1.99. The lowest BCUT2D eigenvalue weighted by atomic mass is 10.1. The maximum absolute atomic E-state index is 9.41. The monoisotopic (exact) mass is 159 g/mol. The molecular formula is C9H7N2O. The van der Waals surface area contributed by atoms with Crippen molar-refractivity contribution in [1.29, 1.82) is 0 Å². The highest BCUT2D eigenvalue weighted by Gasteiger charge is 2.07. The van der Waals surface area contributed by atoms with Gasteiger partial charge in [0.15, 0.2) is 0 Å². The molecule has 0 saturated carbocycles. The molecule has 1 aromatic carbocycles. The molecule has 1 radical (unpaired) electrons. The number of phenols is 1. The highest BCUT2D eigenvalue weighted by atomic mass is 16.3. The molecule has 0 fully saturated rings. The molecule has 0 amide bonds. The Bertz CT molecular complexity index is 355. The summed E-state index contributed by atoms with van der Waals surface area (Å²) in [6.07, 6.45) is 3.36. The van der Waals surface area contributed by atoms with E-state index in [9.17, 15) is 5.11 Å². The molecule has 3 nitrogen and oxygen atoms in total. The van der Waals surface area contributed by atoms with Crippen molar-refractivity contribution in [3.05, 3.63) is 42.1 Å². The molecule has 0 unspecified atom stereocenters. The molecule has 0 saturated heterocycles. The average molecular weight is 159 g/mol. The molecule has 1 heterocycles. The van der Waals surface area contributed by atoms with Crippen LogP contribution in [-0.2, 0) is 0 Å². The van der Waals surface area contributed by atoms with Gasteiger partial charge >= 0.3 is 0 Å². The van der Waals surface area contributed by atoms with Gasteiger partial charge in [-0.25, -0.2) is 0 Å². The van der Waals surface area contributed by atoms with Gasteiger partial charge in [-0.2, -0.15) is 10.5 Å². The molecule has 12 heavy (non-hydrogen) atoms. The second-order valence-electron chi connectivity index (χ2n) is 2.43. The van der Waals surface area contributed by atoms with E-state index in [2.05, 4.69) is 10.5 Å². The van der Waals surface area contributed by atoms with Gasteiger partial charge in [-0.1, -0.05) is 12.1 Å². The summed E-state index contributed by atoms with van der Waals surface area (Å²) in [5.41, 5.74) is 5.10. The molecule has 3 heteroatoms. The van der Waals surface area contributed by atoms with Gasteiger partial charge in [0.25, 0.3) is 0 Å². The molecule has 1 aromatic rings. The average Bonchev–Trinajstić information content (AvgIpc) is 2.57. The Morgan fingerprint density at radius 3 is 2.67 bits per heavy atom. The predicted octanol–water partition coefficient (Wildman–Crippen LogP) is 1.23. The summed E-state index contributed by atoms with van der Waals surface area (Å²) < 4.78 is 0. The second kappa shape index (κ2) is 2.70. The maximum Gasteiger partial charge on any atom is 0.125 e. The van der Waals surface area contributed by atoms with E-state index in [1.807, 2.05) is 6.07 Å². The first-order valence-corrected chi connectivity index (χ1v) is 3.60. The van der Waals surface area contributed by atoms with E-state index >= 15 is 0 Å². The zero-order valence-electron chi connectivity index (χ0n) is 6.31. The standard InChI is InChI=1S/C9H7N2O/c12-9-4-2-1-3-7(9)8-5-6-10-11-8/h1-6,12H. The summed E-state index contributed by atoms with van der Waals surface area (Å²) in [5.74, 6) is 0.234. The van der Waals surface area contributed by atoms with Crippen LogP contribution < -0.4 is 5.43 Å². The van der Waals surface area contributed by atoms with Crippen molar-refractivity contribution in [2.75, 3.05) is 0 Å². The number of hydrogen-bond acceptors (Lipinski definition) is 2. The van der Waals surface area contributed by atoms with E-state index < -0.39 is 0 Å². The Hall–Kier alpha value is -1.77. The van der Waals surface area contributed by atoms with Crippen molar-refractivity contribution in [2.24, 2.45) is 5.10 Å². The number of rotatable bonds is 1. The van der Waals surface area contributed by atoms with Crippen molar-refractivity contribution >= 4 is 5.71 Å². The van der Waals surface area contributed by atoms with Crippen molar-refractivity contribution < 1.29 is 5.11 Å². The third kappa shape index (κ3) is 1.05. The van der Waals surface area contributed by atoms with E-state index in [0.717, 1.165) is 5.56 Å². The summed E-state index contributed by atoms with van der Waals surface area (Å²) in [5, 5.41) is 13.3. The first-order chi connectivity index (χ1) is 5.88. The van der Waals surface area contributed by atoms with E-state index in [1.165, 1.54) is 0 Å². The number of para-hydroxylation sites is 1. The van der Waals surface area contributed by atoms with Crippen molar-refractivity contribution in [3.63, 3.8) is 0 Å². The molecule has 0 atom stereocenters. The van der Waals surface area contributed by atoms with Gasteiger partial charge in [-0.05, 0) is 18.2 Å². The minimum Gasteiger partial charge on any atom is -0.507 e. The van der Waals surface area contributed by atoms with Crippen LogP contribution in [0.2, 0.25) is 0 Å². The molecule has 2 rings (SSSR count). The van der Waals surface area contributed by atoms with Gasteiger partial charge in [0.05, 0.1) is 11.9 Å². The minimum atomic E-state index is 0.234. The fraction of sp³-hybridized carbons (Fsp3) is 0. The van der Waals surface area contributed by atoms with Crippen LogP contribution in [0.5, 0.6) is 5.75 Å².